The van der Waals surface area contributed by atoms with Crippen LogP contribution in [0.15, 0.2) is 6.20 Å². The average molecular weight is 196 g/mol. The summed E-state index contributed by atoms with van der Waals surface area (Å²) in [7, 11) is 4.19. The smallest absolute Gasteiger partial charge is 0.200 e. The van der Waals surface area contributed by atoms with Crippen LogP contribution in [0.2, 0.25) is 0 Å². The Morgan fingerprint density at radius 1 is 1.43 bits per heavy atom. The number of anilines is 1. The van der Waals surface area contributed by atoms with E-state index in [1.54, 1.807) is 0 Å². The molecule has 0 amide bonds. The summed E-state index contributed by atoms with van der Waals surface area (Å²) in [6, 6.07) is 0. The number of rotatable bonds is 5. The molecule has 0 aliphatic heterocycles. The average Bonchev–Trinajstić information content (AvgIpc) is 2.39. The fourth-order valence-electron chi connectivity index (χ4n) is 1.45. The molecule has 0 unspecified atom stereocenters. The lowest BCUT2D eigenvalue weighted by atomic mass is 10.3. The summed E-state index contributed by atoms with van der Waals surface area (Å²) in [6.45, 7) is 4.07. The van der Waals surface area contributed by atoms with Gasteiger partial charge in [0.15, 0.2) is 5.95 Å². The van der Waals surface area contributed by atoms with E-state index in [2.05, 4.69) is 24.0 Å². The maximum atomic E-state index is 5.72. The molecule has 4 heteroatoms. The van der Waals surface area contributed by atoms with Crippen molar-refractivity contribution in [2.75, 3.05) is 26.4 Å². The Hall–Kier alpha value is -1.03. The zero-order chi connectivity index (χ0) is 10.6. The number of aryl methyl sites for hydroxylation is 2. The van der Waals surface area contributed by atoms with Crippen molar-refractivity contribution in [3.63, 3.8) is 0 Å². The third-order valence-electron chi connectivity index (χ3n) is 2.18. The van der Waals surface area contributed by atoms with E-state index >= 15 is 0 Å². The molecule has 0 fully saturated rings. The minimum absolute atomic E-state index is 0.632. The Balaban J connectivity index is 2.28. The van der Waals surface area contributed by atoms with Crippen molar-refractivity contribution in [1.82, 2.24) is 14.5 Å². The van der Waals surface area contributed by atoms with Crippen molar-refractivity contribution in [3.8, 4) is 0 Å². The second-order valence-corrected chi connectivity index (χ2v) is 3.94. The first-order valence-electron chi connectivity index (χ1n) is 5.03. The van der Waals surface area contributed by atoms with Crippen LogP contribution < -0.4 is 5.73 Å². The largest absolute Gasteiger partial charge is 0.369 e. The zero-order valence-electron chi connectivity index (χ0n) is 9.32. The first-order valence-corrected chi connectivity index (χ1v) is 5.03. The van der Waals surface area contributed by atoms with Gasteiger partial charge in [-0.3, -0.25) is 0 Å². The van der Waals surface area contributed by atoms with E-state index in [0.29, 0.717) is 5.95 Å². The number of imidazole rings is 1. The molecule has 1 heterocycles. The predicted octanol–water partition coefficient (Wildman–Crippen LogP) is 1.12. The van der Waals surface area contributed by atoms with Gasteiger partial charge in [0, 0.05) is 12.7 Å². The minimum Gasteiger partial charge on any atom is -0.369 e. The summed E-state index contributed by atoms with van der Waals surface area (Å²) < 4.78 is 2.02. The predicted molar refractivity (Wildman–Crippen MR) is 59.2 cm³/mol. The molecule has 0 aliphatic carbocycles. The molecule has 1 rings (SSSR count). The van der Waals surface area contributed by atoms with Gasteiger partial charge in [0.2, 0.25) is 0 Å². The number of hydrogen-bond donors (Lipinski definition) is 1. The molecule has 2 N–H and O–H groups in total. The topological polar surface area (TPSA) is 47.1 Å². The van der Waals surface area contributed by atoms with Crippen LogP contribution in [-0.2, 0) is 6.54 Å². The number of nitrogen functional groups attached to an aromatic ring is 1. The maximum absolute atomic E-state index is 5.72. The van der Waals surface area contributed by atoms with Crippen LogP contribution in [0.5, 0.6) is 0 Å². The molecule has 0 bridgehead atoms. The lowest BCUT2D eigenvalue weighted by molar-refractivity contribution is 0.388. The molecule has 0 spiro atoms. The quantitative estimate of drug-likeness (QED) is 0.718. The Labute approximate surface area is 85.7 Å². The van der Waals surface area contributed by atoms with Gasteiger partial charge in [0.05, 0.1) is 5.69 Å². The maximum Gasteiger partial charge on any atom is 0.200 e. The van der Waals surface area contributed by atoms with E-state index < -0.39 is 0 Å². The second-order valence-electron chi connectivity index (χ2n) is 3.94. The van der Waals surface area contributed by atoms with E-state index in [9.17, 15) is 0 Å². The normalized spacial score (nSPS) is 11.1. The summed E-state index contributed by atoms with van der Waals surface area (Å²) in [5.41, 5.74) is 6.72. The van der Waals surface area contributed by atoms with Crippen molar-refractivity contribution in [2.24, 2.45) is 0 Å². The van der Waals surface area contributed by atoms with Crippen molar-refractivity contribution in [1.29, 1.82) is 0 Å². The van der Waals surface area contributed by atoms with Gasteiger partial charge in [-0.15, -0.1) is 0 Å². The SMILES string of the molecule is Cc1cn(CCCCN(C)C)c(N)n1. The van der Waals surface area contributed by atoms with E-state index in [1.165, 1.54) is 6.42 Å². The fourth-order valence-corrected chi connectivity index (χ4v) is 1.45. The molecule has 80 valence electrons. The van der Waals surface area contributed by atoms with E-state index in [4.69, 9.17) is 5.73 Å². The van der Waals surface area contributed by atoms with Crippen molar-refractivity contribution in [2.45, 2.75) is 26.3 Å². The first-order chi connectivity index (χ1) is 6.59. The van der Waals surface area contributed by atoms with E-state index in [-0.39, 0.29) is 0 Å². The van der Waals surface area contributed by atoms with Crippen LogP contribution in [0, 0.1) is 6.92 Å². The first kappa shape index (κ1) is 11.0. The highest BCUT2D eigenvalue weighted by Crippen LogP contribution is 2.05. The van der Waals surface area contributed by atoms with Gasteiger partial charge in [-0.2, -0.15) is 0 Å². The molecule has 1 aromatic heterocycles. The number of unbranched alkanes of at least 4 members (excludes halogenated alkanes) is 1. The van der Waals surface area contributed by atoms with E-state index in [1.807, 2.05) is 17.7 Å². The minimum atomic E-state index is 0.632. The fraction of sp³-hybridized carbons (Fsp3) is 0.700. The summed E-state index contributed by atoms with van der Waals surface area (Å²) in [6.07, 6.45) is 4.35. The molecule has 0 aromatic carbocycles. The Morgan fingerprint density at radius 3 is 2.64 bits per heavy atom. The summed E-state index contributed by atoms with van der Waals surface area (Å²) in [5.74, 6) is 0.632. The summed E-state index contributed by atoms with van der Waals surface area (Å²) in [4.78, 5) is 6.35. The summed E-state index contributed by atoms with van der Waals surface area (Å²) in [5, 5.41) is 0. The molecule has 0 saturated heterocycles. The second kappa shape index (κ2) is 5.00. The van der Waals surface area contributed by atoms with Crippen molar-refractivity contribution >= 4 is 5.95 Å². The van der Waals surface area contributed by atoms with Gasteiger partial charge >= 0.3 is 0 Å². The third-order valence-corrected chi connectivity index (χ3v) is 2.18. The van der Waals surface area contributed by atoms with Crippen LogP contribution in [-0.4, -0.2) is 35.1 Å². The Bertz CT molecular complexity index is 278. The van der Waals surface area contributed by atoms with Crippen LogP contribution >= 0.6 is 0 Å². The van der Waals surface area contributed by atoms with Crippen LogP contribution in [0.3, 0.4) is 0 Å². The van der Waals surface area contributed by atoms with Gasteiger partial charge in [-0.1, -0.05) is 0 Å². The molecular weight excluding hydrogens is 176 g/mol. The van der Waals surface area contributed by atoms with Gasteiger partial charge in [-0.05, 0) is 40.4 Å². The van der Waals surface area contributed by atoms with Crippen molar-refractivity contribution in [3.05, 3.63) is 11.9 Å². The lowest BCUT2D eigenvalue weighted by Crippen LogP contribution is -2.13. The number of aromatic nitrogens is 2. The lowest BCUT2D eigenvalue weighted by Gasteiger charge is -2.09. The number of nitrogens with two attached hydrogens (primary N) is 1. The molecule has 1 aromatic rings. The van der Waals surface area contributed by atoms with Gasteiger partial charge in [0.1, 0.15) is 0 Å². The zero-order valence-corrected chi connectivity index (χ0v) is 9.32. The molecular formula is C10H20N4. The summed E-state index contributed by atoms with van der Waals surface area (Å²) >= 11 is 0. The molecule has 4 nitrogen and oxygen atoms in total. The highest BCUT2D eigenvalue weighted by atomic mass is 15.1. The monoisotopic (exact) mass is 196 g/mol. The molecule has 0 atom stereocenters. The molecule has 0 aliphatic rings. The van der Waals surface area contributed by atoms with Gasteiger partial charge in [-0.25, -0.2) is 4.98 Å². The third kappa shape index (κ3) is 3.38. The molecule has 0 radical (unpaired) electrons. The van der Waals surface area contributed by atoms with Gasteiger partial charge < -0.3 is 15.2 Å². The van der Waals surface area contributed by atoms with Gasteiger partial charge in [0.25, 0.3) is 0 Å². The van der Waals surface area contributed by atoms with Crippen LogP contribution in [0.1, 0.15) is 18.5 Å². The molecule has 14 heavy (non-hydrogen) atoms. The van der Waals surface area contributed by atoms with E-state index in [0.717, 1.165) is 25.2 Å². The van der Waals surface area contributed by atoms with Crippen molar-refractivity contribution < 1.29 is 0 Å². The standard InChI is InChI=1S/C10H20N4/c1-9-8-14(10(11)12-9)7-5-4-6-13(2)3/h8H,4-7H2,1-3H3,(H2,11,12). The Kier molecular flexibility index (Phi) is 3.95. The Morgan fingerprint density at radius 2 is 2.14 bits per heavy atom. The highest BCUT2D eigenvalue weighted by molar-refractivity contribution is 5.20. The highest BCUT2D eigenvalue weighted by Gasteiger charge is 2.00. The van der Waals surface area contributed by atoms with Crippen LogP contribution in [0.25, 0.3) is 0 Å². The van der Waals surface area contributed by atoms with Crippen LogP contribution in [0.4, 0.5) is 5.95 Å². The molecule has 0 saturated carbocycles. The number of hydrogen-bond acceptors (Lipinski definition) is 3. The number of nitrogens with zero attached hydrogens (tertiary/aromatic N) is 3.